The molecule has 0 fully saturated rings. The van der Waals surface area contributed by atoms with E-state index in [0.29, 0.717) is 13.0 Å². The molecule has 0 amide bonds. The second-order valence-corrected chi connectivity index (χ2v) is 1.61. The van der Waals surface area contributed by atoms with Crippen LogP contribution in [0.3, 0.4) is 0 Å². The van der Waals surface area contributed by atoms with E-state index in [1.165, 1.54) is 6.08 Å². The van der Waals surface area contributed by atoms with E-state index in [2.05, 4.69) is 4.99 Å². The number of isocyanates is 1. The van der Waals surface area contributed by atoms with Crippen LogP contribution in [-0.2, 0) is 4.79 Å². The molecule has 0 aromatic heterocycles. The lowest BCUT2D eigenvalue weighted by atomic mass is 10.3. The van der Waals surface area contributed by atoms with Gasteiger partial charge >= 0.3 is 0 Å². The minimum Gasteiger partial charge on any atom is -0.393 e. The van der Waals surface area contributed by atoms with Crippen LogP contribution in [0.2, 0.25) is 0 Å². The first-order valence-corrected chi connectivity index (χ1v) is 2.49. The molecule has 0 heterocycles. The lowest BCUT2D eigenvalue weighted by molar-refractivity contribution is 0.187. The van der Waals surface area contributed by atoms with Gasteiger partial charge in [0, 0.05) is 0 Å². The molecule has 0 aliphatic heterocycles. The molecule has 8 heavy (non-hydrogen) atoms. The van der Waals surface area contributed by atoms with Gasteiger partial charge in [0.15, 0.2) is 0 Å². The smallest absolute Gasteiger partial charge is 0.234 e. The van der Waals surface area contributed by atoms with E-state index in [-0.39, 0.29) is 6.10 Å². The number of hydrogen-bond acceptors (Lipinski definition) is 3. The van der Waals surface area contributed by atoms with E-state index in [9.17, 15) is 4.79 Å². The van der Waals surface area contributed by atoms with E-state index in [4.69, 9.17) is 5.11 Å². The molecule has 0 aliphatic rings. The molecule has 0 radical (unpaired) electrons. The molecule has 0 aromatic carbocycles. The predicted octanol–water partition coefficient (Wildman–Crippen LogP) is 0.0931. The van der Waals surface area contributed by atoms with Crippen LogP contribution in [-0.4, -0.2) is 23.8 Å². The van der Waals surface area contributed by atoms with E-state index in [1.807, 2.05) is 0 Å². The molecule has 0 spiro atoms. The Balaban J connectivity index is 3.05. The minimum atomic E-state index is -0.368. The van der Waals surface area contributed by atoms with Crippen LogP contribution in [0.15, 0.2) is 4.99 Å². The molecule has 3 nitrogen and oxygen atoms in total. The molecular weight excluding hydrogens is 106 g/mol. The van der Waals surface area contributed by atoms with Crippen molar-refractivity contribution >= 4 is 6.08 Å². The summed E-state index contributed by atoms with van der Waals surface area (Å²) in [7, 11) is 0. The molecule has 0 saturated carbocycles. The highest BCUT2D eigenvalue weighted by Gasteiger charge is 1.90. The third-order valence-corrected chi connectivity index (χ3v) is 0.723. The normalized spacial score (nSPS) is 12.2. The van der Waals surface area contributed by atoms with Gasteiger partial charge in [0.2, 0.25) is 6.08 Å². The Morgan fingerprint density at radius 1 is 1.88 bits per heavy atom. The number of hydrogen-bond donors (Lipinski definition) is 1. The van der Waals surface area contributed by atoms with Gasteiger partial charge in [0.1, 0.15) is 0 Å². The highest BCUT2D eigenvalue weighted by Crippen LogP contribution is 1.86. The Hall–Kier alpha value is -0.660. The molecule has 0 rings (SSSR count). The number of nitrogens with zero attached hydrogens (tertiary/aromatic N) is 1. The molecule has 0 saturated heterocycles. The first-order chi connectivity index (χ1) is 3.77. The quantitative estimate of drug-likeness (QED) is 0.418. The zero-order chi connectivity index (χ0) is 6.41. The Labute approximate surface area is 48.1 Å². The highest BCUT2D eigenvalue weighted by atomic mass is 16.3. The molecule has 0 aliphatic carbocycles. The molecule has 0 aromatic rings. The first kappa shape index (κ1) is 7.34. The Kier molecular flexibility index (Phi) is 4.13. The summed E-state index contributed by atoms with van der Waals surface area (Å²) in [5.41, 5.74) is 0. The van der Waals surface area contributed by atoms with Crippen LogP contribution in [0.5, 0.6) is 0 Å². The zero-order valence-electron chi connectivity index (χ0n) is 4.79. The van der Waals surface area contributed by atoms with Gasteiger partial charge in [-0.3, -0.25) is 0 Å². The van der Waals surface area contributed by atoms with E-state index < -0.39 is 0 Å². The Morgan fingerprint density at radius 2 is 2.50 bits per heavy atom. The average molecular weight is 115 g/mol. The predicted molar refractivity (Wildman–Crippen MR) is 29.3 cm³/mol. The summed E-state index contributed by atoms with van der Waals surface area (Å²) >= 11 is 0. The van der Waals surface area contributed by atoms with Crippen molar-refractivity contribution in [3.05, 3.63) is 0 Å². The van der Waals surface area contributed by atoms with Crippen molar-refractivity contribution in [1.82, 2.24) is 0 Å². The van der Waals surface area contributed by atoms with Crippen LogP contribution in [0.1, 0.15) is 13.3 Å². The summed E-state index contributed by atoms with van der Waals surface area (Å²) in [5, 5.41) is 8.59. The van der Waals surface area contributed by atoms with Crippen LogP contribution >= 0.6 is 0 Å². The van der Waals surface area contributed by atoms with Crippen LogP contribution in [0.4, 0.5) is 0 Å². The van der Waals surface area contributed by atoms with Crippen LogP contribution in [0.25, 0.3) is 0 Å². The van der Waals surface area contributed by atoms with E-state index >= 15 is 0 Å². The summed E-state index contributed by atoms with van der Waals surface area (Å²) in [5.74, 6) is 0. The van der Waals surface area contributed by atoms with Gasteiger partial charge < -0.3 is 5.11 Å². The van der Waals surface area contributed by atoms with Gasteiger partial charge in [0.05, 0.1) is 12.6 Å². The number of aliphatic imine (C=N–C) groups is 1. The third-order valence-electron chi connectivity index (χ3n) is 0.723. The van der Waals surface area contributed by atoms with Crippen molar-refractivity contribution in [2.75, 3.05) is 6.54 Å². The number of aliphatic hydroxyl groups excluding tert-OH is 1. The zero-order valence-corrected chi connectivity index (χ0v) is 4.79. The summed E-state index contributed by atoms with van der Waals surface area (Å²) in [6.45, 7) is 2.03. The third kappa shape index (κ3) is 5.34. The molecule has 0 bridgehead atoms. The van der Waals surface area contributed by atoms with Gasteiger partial charge in [-0.25, -0.2) is 9.79 Å². The van der Waals surface area contributed by atoms with Gasteiger partial charge in [-0.05, 0) is 13.3 Å². The van der Waals surface area contributed by atoms with Gasteiger partial charge in [-0.1, -0.05) is 0 Å². The van der Waals surface area contributed by atoms with Gasteiger partial charge in [-0.2, -0.15) is 0 Å². The average Bonchev–Trinajstić information content (AvgIpc) is 1.66. The lowest BCUT2D eigenvalue weighted by Crippen LogP contribution is -2.00. The van der Waals surface area contributed by atoms with Crippen molar-refractivity contribution < 1.29 is 9.90 Å². The Bertz CT molecular complexity index is 94.6. The maximum Gasteiger partial charge on any atom is 0.234 e. The molecule has 3 heteroatoms. The Morgan fingerprint density at radius 3 is 2.88 bits per heavy atom. The summed E-state index contributed by atoms with van der Waals surface area (Å²) < 4.78 is 0. The molecule has 46 valence electrons. The second-order valence-electron chi connectivity index (χ2n) is 1.61. The molecular formula is C5H9NO2. The number of rotatable bonds is 3. The fourth-order valence-electron chi connectivity index (χ4n) is 0.297. The lowest BCUT2D eigenvalue weighted by Gasteiger charge is -1.95. The topological polar surface area (TPSA) is 49.7 Å². The largest absolute Gasteiger partial charge is 0.393 e. The minimum absolute atomic E-state index is 0.368. The van der Waals surface area contributed by atoms with Crippen molar-refractivity contribution in [3.63, 3.8) is 0 Å². The summed E-state index contributed by atoms with van der Waals surface area (Å²) in [4.78, 5) is 12.7. The van der Waals surface area contributed by atoms with Crippen LogP contribution in [0, 0.1) is 0 Å². The number of aliphatic hydroxyl groups is 1. The molecule has 1 N–H and O–H groups in total. The molecule has 1 unspecified atom stereocenters. The van der Waals surface area contributed by atoms with Crippen molar-refractivity contribution in [2.24, 2.45) is 4.99 Å². The van der Waals surface area contributed by atoms with Gasteiger partial charge in [0.25, 0.3) is 0 Å². The first-order valence-electron chi connectivity index (χ1n) is 2.49. The second kappa shape index (κ2) is 4.50. The fraction of sp³-hybridized carbons (Fsp3) is 0.800. The van der Waals surface area contributed by atoms with Gasteiger partial charge in [-0.15, -0.1) is 0 Å². The summed E-state index contributed by atoms with van der Waals surface area (Å²) in [6.07, 6.45) is 1.56. The van der Waals surface area contributed by atoms with Crippen molar-refractivity contribution in [3.8, 4) is 0 Å². The van der Waals surface area contributed by atoms with Crippen LogP contribution < -0.4 is 0 Å². The monoisotopic (exact) mass is 115 g/mol. The fourth-order valence-corrected chi connectivity index (χ4v) is 0.297. The number of carbonyl (C=O) groups excluding carboxylic acids is 1. The maximum atomic E-state index is 9.41. The SMILES string of the molecule is CC(O)CCN=C=O. The highest BCUT2D eigenvalue weighted by molar-refractivity contribution is 5.32. The van der Waals surface area contributed by atoms with E-state index in [1.54, 1.807) is 6.92 Å². The summed E-state index contributed by atoms with van der Waals surface area (Å²) in [6, 6.07) is 0. The maximum absolute atomic E-state index is 9.41. The van der Waals surface area contributed by atoms with Crippen molar-refractivity contribution in [2.45, 2.75) is 19.4 Å². The standard InChI is InChI=1S/C5H9NO2/c1-5(8)2-3-6-4-7/h5,8H,2-3H2,1H3. The van der Waals surface area contributed by atoms with Crippen molar-refractivity contribution in [1.29, 1.82) is 0 Å². The van der Waals surface area contributed by atoms with E-state index in [0.717, 1.165) is 0 Å². The molecule has 1 atom stereocenters.